The number of allylic oxidation sites excluding steroid dienone is 2. The van der Waals surface area contributed by atoms with E-state index < -0.39 is 35.3 Å². The van der Waals surface area contributed by atoms with Crippen LogP contribution in [0.5, 0.6) is 17.2 Å². The fourth-order valence-corrected chi connectivity index (χ4v) is 6.33. The normalized spacial score (nSPS) is 19.1. The van der Waals surface area contributed by atoms with Gasteiger partial charge in [0, 0.05) is 12.5 Å². The molecule has 0 bridgehead atoms. The van der Waals surface area contributed by atoms with E-state index in [1.54, 1.807) is 30.3 Å². The monoisotopic (exact) mass is 717 g/mol. The molecular formula is C40H47NO11. The van der Waals surface area contributed by atoms with Crippen LogP contribution < -0.4 is 14.2 Å². The minimum Gasteiger partial charge on any atom is -0.493 e. The lowest BCUT2D eigenvalue weighted by Crippen LogP contribution is -2.23. The number of aliphatic hydroxyl groups excluding tert-OH is 3. The molecule has 0 spiro atoms. The molecule has 0 heterocycles. The molecule has 0 radical (unpaired) electrons. The second-order valence-electron chi connectivity index (χ2n) is 12.8. The summed E-state index contributed by atoms with van der Waals surface area (Å²) in [5.74, 6) is -0.522. The van der Waals surface area contributed by atoms with E-state index in [0.717, 1.165) is 6.42 Å². The Hall–Kier alpha value is -5.04. The Labute approximate surface area is 303 Å². The van der Waals surface area contributed by atoms with Gasteiger partial charge in [-0.1, -0.05) is 60.7 Å². The van der Waals surface area contributed by atoms with Gasteiger partial charge in [-0.05, 0) is 110 Å². The van der Waals surface area contributed by atoms with E-state index in [4.69, 9.17) is 14.2 Å². The van der Waals surface area contributed by atoms with Crippen molar-refractivity contribution in [1.82, 2.24) is 0 Å². The number of hydrogen-bond donors (Lipinski definition) is 3. The van der Waals surface area contributed by atoms with Crippen molar-refractivity contribution in [3.8, 4) is 17.2 Å². The summed E-state index contributed by atoms with van der Waals surface area (Å²) < 4.78 is 16.2. The van der Waals surface area contributed by atoms with Crippen LogP contribution in [0.15, 0.2) is 91.0 Å². The van der Waals surface area contributed by atoms with Gasteiger partial charge in [0.1, 0.15) is 12.4 Å². The topological polar surface area (TPSA) is 175 Å². The number of unbranched alkanes of at least 4 members (excludes halogenated alkanes) is 1. The maximum Gasteiger partial charge on any atom is 0.336 e. The number of benzene rings is 3. The Kier molecular flexibility index (Phi) is 15.8. The Morgan fingerprint density at radius 1 is 0.923 bits per heavy atom. The van der Waals surface area contributed by atoms with Crippen LogP contribution in [0.1, 0.15) is 68.1 Å². The van der Waals surface area contributed by atoms with Crippen molar-refractivity contribution in [3.05, 3.63) is 118 Å². The summed E-state index contributed by atoms with van der Waals surface area (Å²) in [6.07, 6.45) is 10.0. The molecule has 52 heavy (non-hydrogen) atoms. The predicted octanol–water partition coefficient (Wildman–Crippen LogP) is 6.18. The number of carbonyl (C=O) groups is 2. The van der Waals surface area contributed by atoms with E-state index in [1.807, 2.05) is 42.5 Å². The highest BCUT2D eigenvalue weighted by molar-refractivity contribution is 5.89. The van der Waals surface area contributed by atoms with Crippen molar-refractivity contribution < 1.29 is 49.0 Å². The van der Waals surface area contributed by atoms with Crippen LogP contribution in [0.25, 0.3) is 6.08 Å². The number of ether oxygens (including phenoxy) is 3. The average Bonchev–Trinajstić information content (AvgIpc) is 3.41. The Balaban J connectivity index is 1.17. The summed E-state index contributed by atoms with van der Waals surface area (Å²) in [5.41, 5.74) is 2.24. The molecule has 1 saturated carbocycles. The van der Waals surface area contributed by atoms with Gasteiger partial charge >= 0.3 is 11.9 Å². The van der Waals surface area contributed by atoms with Crippen molar-refractivity contribution in [2.45, 2.75) is 82.7 Å². The van der Waals surface area contributed by atoms with Crippen LogP contribution in [0.3, 0.4) is 0 Å². The predicted molar refractivity (Wildman–Crippen MR) is 193 cm³/mol. The highest BCUT2D eigenvalue weighted by Crippen LogP contribution is 2.38. The first-order valence-corrected chi connectivity index (χ1v) is 17.5. The van der Waals surface area contributed by atoms with Gasteiger partial charge in [0.2, 0.25) is 0 Å². The van der Waals surface area contributed by atoms with Crippen molar-refractivity contribution >= 4 is 18.0 Å². The number of hydrogen-bond acceptors (Lipinski definition) is 11. The molecule has 0 aliphatic heterocycles. The lowest BCUT2D eigenvalue weighted by molar-refractivity contribution is -0.763. The van der Waals surface area contributed by atoms with Gasteiger partial charge in [-0.2, -0.15) is 0 Å². The smallest absolute Gasteiger partial charge is 0.336 e. The lowest BCUT2D eigenvalue weighted by atomic mass is 9.85. The first-order chi connectivity index (χ1) is 25.1. The summed E-state index contributed by atoms with van der Waals surface area (Å²) >= 11 is 0. The van der Waals surface area contributed by atoms with E-state index in [1.165, 1.54) is 37.0 Å². The molecule has 0 aromatic heterocycles. The molecule has 12 nitrogen and oxygen atoms in total. The molecule has 1 fully saturated rings. The molecule has 0 unspecified atom stereocenters. The molecule has 3 aromatic rings. The minimum absolute atomic E-state index is 0.0823. The van der Waals surface area contributed by atoms with Crippen molar-refractivity contribution in [2.24, 2.45) is 11.8 Å². The van der Waals surface area contributed by atoms with E-state index in [9.17, 15) is 35.0 Å². The maximum atomic E-state index is 12.6. The number of methoxy groups -OCH3 is 1. The molecule has 278 valence electrons. The number of aliphatic hydroxyl groups is 3. The Morgan fingerprint density at radius 3 is 2.46 bits per heavy atom. The van der Waals surface area contributed by atoms with Gasteiger partial charge in [-0.3, -0.25) is 4.79 Å². The molecule has 0 saturated heterocycles. The maximum absolute atomic E-state index is 12.6. The van der Waals surface area contributed by atoms with Crippen LogP contribution in [0.2, 0.25) is 0 Å². The van der Waals surface area contributed by atoms with Crippen LogP contribution >= 0.6 is 0 Å². The highest BCUT2D eigenvalue weighted by Gasteiger charge is 2.40. The zero-order valence-electron chi connectivity index (χ0n) is 29.3. The van der Waals surface area contributed by atoms with Crippen LogP contribution in [0, 0.1) is 22.0 Å². The SMILES string of the molecule is COc1cc(/C=C/C(=O)Oc2cccc(CO[N+](=O)[O-])c2)ccc1OC(=O)CCC/C=C\C[C@@H]1[C@@H](CC[C@@H](O)CCc2ccccc2)[C@H](O)C[C@@H]1O. The van der Waals surface area contributed by atoms with Crippen molar-refractivity contribution in [3.63, 3.8) is 0 Å². The third-order valence-corrected chi connectivity index (χ3v) is 9.07. The number of aryl methyl sites for hydroxylation is 1. The standard InChI is InChI=1S/C40H47NO11/c1-49-38-25-29(18-23-40(46)51-32-13-9-12-30(24-32)27-50-41(47)48)17-22-37(38)52-39(45)15-8-3-2-7-14-33-34(36(44)26-35(33)43)21-20-31(42)19-16-28-10-5-4-6-11-28/h2,4-7,9-13,17-18,22-25,31,33-36,42-44H,3,8,14-16,19-21,26-27H2,1H3/b7-2-,23-18+/t31-,33+,34+,35-,36+/m0/s1. The number of esters is 2. The second-order valence-corrected chi connectivity index (χ2v) is 12.8. The van der Waals surface area contributed by atoms with Crippen LogP contribution in [-0.4, -0.2) is 57.8 Å². The Morgan fingerprint density at radius 2 is 1.69 bits per heavy atom. The van der Waals surface area contributed by atoms with Gasteiger partial charge in [0.25, 0.3) is 5.09 Å². The van der Waals surface area contributed by atoms with E-state index in [-0.39, 0.29) is 36.4 Å². The zero-order valence-corrected chi connectivity index (χ0v) is 29.3. The van der Waals surface area contributed by atoms with Gasteiger partial charge in [-0.25, -0.2) is 4.79 Å². The first kappa shape index (κ1) is 39.7. The summed E-state index contributed by atoms with van der Waals surface area (Å²) in [7, 11) is 1.44. The van der Waals surface area contributed by atoms with Crippen LogP contribution in [-0.2, 0) is 27.5 Å². The molecule has 3 aromatic carbocycles. The van der Waals surface area contributed by atoms with Gasteiger partial charge in [0.05, 0.1) is 25.4 Å². The third-order valence-electron chi connectivity index (χ3n) is 9.07. The quantitative estimate of drug-likeness (QED) is 0.0232. The van der Waals surface area contributed by atoms with Gasteiger partial charge in [-0.15, -0.1) is 10.1 Å². The number of nitrogens with zero attached hydrogens (tertiary/aromatic N) is 1. The summed E-state index contributed by atoms with van der Waals surface area (Å²) in [6.45, 7) is -0.272. The van der Waals surface area contributed by atoms with Crippen molar-refractivity contribution in [1.29, 1.82) is 0 Å². The van der Waals surface area contributed by atoms with Gasteiger partial charge in [0.15, 0.2) is 11.5 Å². The molecule has 4 rings (SSSR count). The second kappa shape index (κ2) is 20.7. The zero-order chi connectivity index (χ0) is 37.3. The van der Waals surface area contributed by atoms with E-state index in [2.05, 4.69) is 4.84 Å². The van der Waals surface area contributed by atoms with Gasteiger partial charge < -0.3 is 34.4 Å². The molecule has 12 heteroatoms. The first-order valence-electron chi connectivity index (χ1n) is 17.5. The fraction of sp³-hybridized carbons (Fsp3) is 0.400. The molecule has 3 N–H and O–H groups in total. The number of carbonyl (C=O) groups excluding carboxylic acids is 2. The summed E-state index contributed by atoms with van der Waals surface area (Å²) in [4.78, 5) is 39.6. The lowest BCUT2D eigenvalue weighted by Gasteiger charge is -2.23. The third kappa shape index (κ3) is 13.3. The minimum atomic E-state index is -0.903. The molecule has 1 aliphatic rings. The summed E-state index contributed by atoms with van der Waals surface area (Å²) in [6, 6.07) is 21.1. The number of rotatable bonds is 20. The molecule has 0 amide bonds. The largest absolute Gasteiger partial charge is 0.493 e. The Bertz CT molecular complexity index is 1660. The van der Waals surface area contributed by atoms with E-state index >= 15 is 0 Å². The molecule has 5 atom stereocenters. The fourth-order valence-electron chi connectivity index (χ4n) is 6.33. The average molecular weight is 718 g/mol. The van der Waals surface area contributed by atoms with E-state index in [0.29, 0.717) is 61.8 Å². The summed E-state index contributed by atoms with van der Waals surface area (Å²) in [5, 5.41) is 41.2. The van der Waals surface area contributed by atoms with Crippen LogP contribution in [0.4, 0.5) is 0 Å². The highest BCUT2D eigenvalue weighted by atomic mass is 16.9. The molecular weight excluding hydrogens is 670 g/mol. The van der Waals surface area contributed by atoms with Crippen molar-refractivity contribution in [2.75, 3.05) is 7.11 Å². The molecule has 1 aliphatic carbocycles.